The second-order valence-electron chi connectivity index (χ2n) is 2.86. The van der Waals surface area contributed by atoms with Crippen molar-refractivity contribution >= 4 is 11.6 Å². The molecular formula is C8H9ClN2O. The predicted octanol–water partition coefficient (Wildman–Crippen LogP) is 2.02. The van der Waals surface area contributed by atoms with Gasteiger partial charge < -0.3 is 4.74 Å². The van der Waals surface area contributed by atoms with Crippen molar-refractivity contribution in [2.24, 2.45) is 0 Å². The number of ether oxygens (including phenoxy) is 1. The molecule has 2 rings (SSSR count). The van der Waals surface area contributed by atoms with Gasteiger partial charge in [-0.25, -0.2) is 9.97 Å². The number of nitrogens with zero attached hydrogens (tertiary/aromatic N) is 2. The average Bonchev–Trinajstić information content (AvgIpc) is 2.86. The second-order valence-corrected chi connectivity index (χ2v) is 3.22. The third-order valence-electron chi connectivity index (χ3n) is 1.96. The van der Waals surface area contributed by atoms with E-state index in [4.69, 9.17) is 16.3 Å². The Hall–Kier alpha value is -0.830. The van der Waals surface area contributed by atoms with Crippen LogP contribution in [-0.4, -0.2) is 17.1 Å². The molecule has 0 N–H and O–H groups in total. The van der Waals surface area contributed by atoms with Crippen molar-refractivity contribution in [1.82, 2.24) is 9.97 Å². The van der Waals surface area contributed by atoms with Crippen LogP contribution in [0.3, 0.4) is 0 Å². The van der Waals surface area contributed by atoms with Crippen LogP contribution < -0.4 is 4.74 Å². The maximum absolute atomic E-state index is 5.83. The maximum atomic E-state index is 5.83. The fourth-order valence-electron chi connectivity index (χ4n) is 1.20. The van der Waals surface area contributed by atoms with Gasteiger partial charge in [0.25, 0.3) is 0 Å². The first-order valence-corrected chi connectivity index (χ1v) is 4.25. The number of hydrogen-bond donors (Lipinski definition) is 0. The minimum atomic E-state index is 0.411. The summed E-state index contributed by atoms with van der Waals surface area (Å²) < 4.78 is 5.12. The van der Waals surface area contributed by atoms with Crippen LogP contribution in [0, 0.1) is 0 Å². The summed E-state index contributed by atoms with van der Waals surface area (Å²) in [6.45, 7) is 0. The summed E-state index contributed by atoms with van der Waals surface area (Å²) in [7, 11) is 1.59. The zero-order valence-electron chi connectivity index (χ0n) is 6.75. The summed E-state index contributed by atoms with van der Waals surface area (Å²) >= 11 is 5.83. The van der Waals surface area contributed by atoms with E-state index in [1.54, 1.807) is 7.11 Å². The lowest BCUT2D eigenvalue weighted by atomic mass is 10.2. The van der Waals surface area contributed by atoms with E-state index in [1.807, 2.05) is 0 Å². The molecule has 0 aliphatic heterocycles. The quantitative estimate of drug-likeness (QED) is 0.660. The van der Waals surface area contributed by atoms with Crippen LogP contribution in [0.15, 0.2) is 6.33 Å². The first-order chi connectivity index (χ1) is 5.83. The van der Waals surface area contributed by atoms with Crippen LogP contribution in [0.4, 0.5) is 0 Å². The SMILES string of the molecule is COc1c(Cl)ncnc1C1CC1. The lowest BCUT2D eigenvalue weighted by Crippen LogP contribution is -1.96. The van der Waals surface area contributed by atoms with Crippen molar-refractivity contribution in [3.8, 4) is 5.75 Å². The Morgan fingerprint density at radius 1 is 1.50 bits per heavy atom. The minimum absolute atomic E-state index is 0.411. The second kappa shape index (κ2) is 2.90. The molecule has 1 fully saturated rings. The van der Waals surface area contributed by atoms with Crippen LogP contribution in [0.5, 0.6) is 5.75 Å². The smallest absolute Gasteiger partial charge is 0.177 e. The highest BCUT2D eigenvalue weighted by Gasteiger charge is 2.29. The first kappa shape index (κ1) is 7.80. The number of methoxy groups -OCH3 is 1. The van der Waals surface area contributed by atoms with Crippen molar-refractivity contribution in [2.75, 3.05) is 7.11 Å². The molecule has 0 radical (unpaired) electrons. The number of hydrogen-bond acceptors (Lipinski definition) is 3. The van der Waals surface area contributed by atoms with Gasteiger partial charge in [-0.1, -0.05) is 11.6 Å². The molecule has 12 heavy (non-hydrogen) atoms. The third-order valence-corrected chi connectivity index (χ3v) is 2.23. The Kier molecular flexibility index (Phi) is 1.89. The lowest BCUT2D eigenvalue weighted by Gasteiger charge is -2.05. The van der Waals surface area contributed by atoms with Crippen molar-refractivity contribution in [3.05, 3.63) is 17.2 Å². The van der Waals surface area contributed by atoms with Gasteiger partial charge in [-0.2, -0.15) is 0 Å². The molecule has 64 valence electrons. The molecule has 0 saturated heterocycles. The molecule has 0 spiro atoms. The molecule has 0 aromatic carbocycles. The molecule has 4 heteroatoms. The van der Waals surface area contributed by atoms with Crippen LogP contribution in [0.1, 0.15) is 24.5 Å². The zero-order chi connectivity index (χ0) is 8.55. The lowest BCUT2D eigenvalue weighted by molar-refractivity contribution is 0.405. The summed E-state index contributed by atoms with van der Waals surface area (Å²) in [5.74, 6) is 1.18. The van der Waals surface area contributed by atoms with Crippen molar-refractivity contribution in [2.45, 2.75) is 18.8 Å². The van der Waals surface area contributed by atoms with E-state index in [0.717, 1.165) is 5.69 Å². The largest absolute Gasteiger partial charge is 0.492 e. The Labute approximate surface area is 75.7 Å². The molecule has 0 atom stereocenters. The van der Waals surface area contributed by atoms with Gasteiger partial charge in [0.15, 0.2) is 10.9 Å². The minimum Gasteiger partial charge on any atom is -0.492 e. The number of aromatic nitrogens is 2. The highest BCUT2D eigenvalue weighted by Crippen LogP contribution is 2.44. The van der Waals surface area contributed by atoms with Crippen LogP contribution in [0.2, 0.25) is 5.15 Å². The summed E-state index contributed by atoms with van der Waals surface area (Å²) in [6, 6.07) is 0. The molecule has 1 aromatic rings. The molecule has 0 amide bonds. The van der Waals surface area contributed by atoms with Gasteiger partial charge in [-0.3, -0.25) is 0 Å². The Morgan fingerprint density at radius 3 is 2.83 bits per heavy atom. The average molecular weight is 185 g/mol. The van der Waals surface area contributed by atoms with Gasteiger partial charge in [0, 0.05) is 5.92 Å². The maximum Gasteiger partial charge on any atom is 0.177 e. The molecule has 1 saturated carbocycles. The molecule has 0 unspecified atom stereocenters. The molecule has 3 nitrogen and oxygen atoms in total. The summed E-state index contributed by atoms with van der Waals surface area (Å²) in [6.07, 6.45) is 3.85. The Morgan fingerprint density at radius 2 is 2.25 bits per heavy atom. The monoisotopic (exact) mass is 184 g/mol. The predicted molar refractivity (Wildman–Crippen MR) is 45.6 cm³/mol. The molecule has 1 aliphatic rings. The Bertz CT molecular complexity index is 299. The zero-order valence-corrected chi connectivity index (χ0v) is 7.51. The van der Waals surface area contributed by atoms with Crippen LogP contribution in [0.25, 0.3) is 0 Å². The Balaban J connectivity index is 2.43. The summed E-state index contributed by atoms with van der Waals surface area (Å²) in [5.41, 5.74) is 0.956. The first-order valence-electron chi connectivity index (χ1n) is 3.87. The molecule has 1 heterocycles. The molecule has 1 aliphatic carbocycles. The van der Waals surface area contributed by atoms with E-state index in [0.29, 0.717) is 16.8 Å². The molecule has 0 bridgehead atoms. The number of rotatable bonds is 2. The van der Waals surface area contributed by atoms with Gasteiger partial charge in [-0.15, -0.1) is 0 Å². The fourth-order valence-corrected chi connectivity index (χ4v) is 1.42. The highest BCUT2D eigenvalue weighted by molar-refractivity contribution is 6.30. The number of halogens is 1. The van der Waals surface area contributed by atoms with Crippen LogP contribution in [-0.2, 0) is 0 Å². The van der Waals surface area contributed by atoms with E-state index in [-0.39, 0.29) is 0 Å². The van der Waals surface area contributed by atoms with Gasteiger partial charge in [0.1, 0.15) is 6.33 Å². The highest BCUT2D eigenvalue weighted by atomic mass is 35.5. The normalized spacial score (nSPS) is 16.2. The summed E-state index contributed by atoms with van der Waals surface area (Å²) in [5, 5.41) is 0.411. The third kappa shape index (κ3) is 1.25. The van der Waals surface area contributed by atoms with Gasteiger partial charge in [-0.05, 0) is 12.8 Å². The van der Waals surface area contributed by atoms with Gasteiger partial charge in [0.2, 0.25) is 0 Å². The standard InChI is InChI=1S/C8H9ClN2O/c1-12-7-6(5-2-3-5)10-4-11-8(7)9/h4-5H,2-3H2,1H3. The molecular weight excluding hydrogens is 176 g/mol. The summed E-state index contributed by atoms with van der Waals surface area (Å²) in [4.78, 5) is 8.00. The van der Waals surface area contributed by atoms with Crippen molar-refractivity contribution in [3.63, 3.8) is 0 Å². The fraction of sp³-hybridized carbons (Fsp3) is 0.500. The van der Waals surface area contributed by atoms with Crippen LogP contribution >= 0.6 is 11.6 Å². The van der Waals surface area contributed by atoms with Gasteiger partial charge in [0.05, 0.1) is 12.8 Å². The van der Waals surface area contributed by atoms with E-state index in [2.05, 4.69) is 9.97 Å². The van der Waals surface area contributed by atoms with E-state index >= 15 is 0 Å². The van der Waals surface area contributed by atoms with Crippen molar-refractivity contribution < 1.29 is 4.74 Å². The van der Waals surface area contributed by atoms with E-state index in [1.165, 1.54) is 19.2 Å². The van der Waals surface area contributed by atoms with Crippen molar-refractivity contribution in [1.29, 1.82) is 0 Å². The van der Waals surface area contributed by atoms with E-state index < -0.39 is 0 Å². The van der Waals surface area contributed by atoms with E-state index in [9.17, 15) is 0 Å². The van der Waals surface area contributed by atoms with Gasteiger partial charge >= 0.3 is 0 Å². The molecule has 1 aromatic heterocycles. The topological polar surface area (TPSA) is 35.0 Å².